The predicted octanol–water partition coefficient (Wildman–Crippen LogP) is 1.33. The Balaban J connectivity index is 1.74. The Hall–Kier alpha value is -2.89. The first kappa shape index (κ1) is 18.2. The number of carboxylic acids is 1. The van der Waals surface area contributed by atoms with Gasteiger partial charge in [-0.05, 0) is 18.9 Å². The molecule has 0 spiro atoms. The van der Waals surface area contributed by atoms with E-state index in [1.54, 1.807) is 4.57 Å². The number of ether oxygens (including phenoxy) is 1. The average molecular weight is 397 g/mol. The van der Waals surface area contributed by atoms with Crippen LogP contribution in [-0.2, 0) is 4.74 Å². The van der Waals surface area contributed by atoms with Gasteiger partial charge in [0.1, 0.15) is 11.4 Å². The lowest BCUT2D eigenvalue weighted by molar-refractivity contribution is 0.0212. The minimum Gasteiger partial charge on any atom is -0.477 e. The highest BCUT2D eigenvalue weighted by Crippen LogP contribution is 2.40. The lowest BCUT2D eigenvalue weighted by atomic mass is 10.0. The first-order valence-electron chi connectivity index (χ1n) is 9.70. The molecule has 3 aliphatic rings. The molecule has 2 atom stereocenters. The smallest absolute Gasteiger partial charge is 0.341 e. The molecule has 1 aliphatic carbocycles. The van der Waals surface area contributed by atoms with E-state index in [-0.39, 0.29) is 34.8 Å². The minimum atomic E-state index is -1.33. The Morgan fingerprint density at radius 3 is 2.83 bits per heavy atom. The van der Waals surface area contributed by atoms with Crippen LogP contribution in [-0.4, -0.2) is 54.0 Å². The number of halogens is 1. The van der Waals surface area contributed by atoms with Crippen LogP contribution in [0.2, 0.25) is 0 Å². The van der Waals surface area contributed by atoms with Crippen LogP contribution < -0.4 is 15.6 Å². The molecule has 1 aromatic carbocycles. The van der Waals surface area contributed by atoms with Gasteiger partial charge in [-0.2, -0.15) is 0 Å². The summed E-state index contributed by atoms with van der Waals surface area (Å²) in [7, 11) is 0. The number of aromatic nitrogens is 1. The predicted molar refractivity (Wildman–Crippen MR) is 105 cm³/mol. The van der Waals surface area contributed by atoms with Crippen LogP contribution in [0.25, 0.3) is 10.9 Å². The van der Waals surface area contributed by atoms with E-state index < -0.39 is 17.2 Å². The molecular formula is C21H20FN3O4. The second-order valence-electron chi connectivity index (χ2n) is 7.81. The van der Waals surface area contributed by atoms with E-state index in [1.165, 1.54) is 6.20 Å². The number of aromatic carboxylic acids is 1. The molecule has 1 aromatic heterocycles. The molecule has 0 radical (unpaired) electrons. The van der Waals surface area contributed by atoms with Crippen molar-refractivity contribution in [3.05, 3.63) is 39.4 Å². The third-order valence-electron chi connectivity index (χ3n) is 5.98. The Labute approximate surface area is 166 Å². The molecule has 29 heavy (non-hydrogen) atoms. The Kier molecular flexibility index (Phi) is 4.12. The zero-order valence-electron chi connectivity index (χ0n) is 15.7. The van der Waals surface area contributed by atoms with E-state index in [0.717, 1.165) is 25.5 Å². The molecule has 0 bridgehead atoms. The largest absolute Gasteiger partial charge is 0.477 e. The van der Waals surface area contributed by atoms with Crippen LogP contribution >= 0.6 is 0 Å². The molecule has 5 rings (SSSR count). The SMILES string of the molecule is C#Cc1c(N2CC3NCCOC3C2)c(F)cc2c(=O)c(C(=O)O)cn(C3CC3)c12. The van der Waals surface area contributed by atoms with Crippen molar-refractivity contribution in [1.29, 1.82) is 0 Å². The number of nitrogens with one attached hydrogen (secondary N) is 1. The number of hydrogen-bond acceptors (Lipinski definition) is 5. The van der Waals surface area contributed by atoms with E-state index in [0.29, 0.717) is 30.8 Å². The number of morpholine rings is 1. The highest BCUT2D eigenvalue weighted by Gasteiger charge is 2.38. The molecule has 2 saturated heterocycles. The van der Waals surface area contributed by atoms with E-state index >= 15 is 4.39 Å². The van der Waals surface area contributed by atoms with Crippen LogP contribution in [0.3, 0.4) is 0 Å². The molecule has 2 unspecified atom stereocenters. The van der Waals surface area contributed by atoms with Gasteiger partial charge in [0, 0.05) is 31.9 Å². The quantitative estimate of drug-likeness (QED) is 0.761. The fourth-order valence-electron chi connectivity index (χ4n) is 4.49. The van der Waals surface area contributed by atoms with E-state index in [1.807, 2.05) is 4.90 Å². The van der Waals surface area contributed by atoms with Gasteiger partial charge >= 0.3 is 5.97 Å². The molecule has 3 fully saturated rings. The highest BCUT2D eigenvalue weighted by atomic mass is 19.1. The molecular weight excluding hydrogens is 377 g/mol. The number of benzene rings is 1. The van der Waals surface area contributed by atoms with Gasteiger partial charge in [-0.1, -0.05) is 5.92 Å². The van der Waals surface area contributed by atoms with Crippen LogP contribution in [0.15, 0.2) is 17.1 Å². The Morgan fingerprint density at radius 2 is 2.17 bits per heavy atom. The van der Waals surface area contributed by atoms with Crippen LogP contribution in [0.4, 0.5) is 10.1 Å². The van der Waals surface area contributed by atoms with Crippen molar-refractivity contribution in [2.45, 2.75) is 31.0 Å². The summed E-state index contributed by atoms with van der Waals surface area (Å²) < 4.78 is 22.8. The molecule has 8 heteroatoms. The zero-order chi connectivity index (χ0) is 20.3. The van der Waals surface area contributed by atoms with Gasteiger partial charge in [0.2, 0.25) is 5.43 Å². The number of nitrogens with zero attached hydrogens (tertiary/aromatic N) is 2. The fourth-order valence-corrected chi connectivity index (χ4v) is 4.49. The summed E-state index contributed by atoms with van der Waals surface area (Å²) in [5, 5.41) is 12.8. The van der Waals surface area contributed by atoms with Crippen LogP contribution in [0, 0.1) is 18.2 Å². The molecule has 2 N–H and O–H groups in total. The maximum atomic E-state index is 15.3. The lowest BCUT2D eigenvalue weighted by Crippen LogP contribution is -2.47. The highest BCUT2D eigenvalue weighted by molar-refractivity contribution is 5.96. The van der Waals surface area contributed by atoms with Gasteiger partial charge in [0.15, 0.2) is 0 Å². The second kappa shape index (κ2) is 6.58. The lowest BCUT2D eigenvalue weighted by Gasteiger charge is -2.25. The number of anilines is 1. The number of fused-ring (bicyclic) bond motifs is 2. The van der Waals surface area contributed by atoms with Crippen molar-refractivity contribution in [3.8, 4) is 12.3 Å². The summed E-state index contributed by atoms with van der Waals surface area (Å²) in [6.45, 7) is 2.39. The molecule has 2 aromatic rings. The molecule has 1 saturated carbocycles. The van der Waals surface area contributed by atoms with Crippen LogP contribution in [0.5, 0.6) is 0 Å². The van der Waals surface area contributed by atoms with Gasteiger partial charge < -0.3 is 24.6 Å². The zero-order valence-corrected chi connectivity index (χ0v) is 15.7. The van der Waals surface area contributed by atoms with Gasteiger partial charge in [0.25, 0.3) is 0 Å². The first-order chi connectivity index (χ1) is 14.0. The number of carbonyl (C=O) groups is 1. The van der Waals surface area contributed by atoms with Crippen LogP contribution in [0.1, 0.15) is 34.8 Å². The van der Waals surface area contributed by atoms with Crippen molar-refractivity contribution in [2.24, 2.45) is 0 Å². The number of hydrogen-bond donors (Lipinski definition) is 2. The van der Waals surface area contributed by atoms with E-state index in [2.05, 4.69) is 11.2 Å². The topological polar surface area (TPSA) is 83.8 Å². The Morgan fingerprint density at radius 1 is 1.38 bits per heavy atom. The summed E-state index contributed by atoms with van der Waals surface area (Å²) in [6, 6.07) is 1.28. The van der Waals surface area contributed by atoms with Crippen molar-refractivity contribution < 1.29 is 19.0 Å². The number of rotatable bonds is 3. The summed E-state index contributed by atoms with van der Waals surface area (Å²) >= 11 is 0. The monoisotopic (exact) mass is 397 g/mol. The molecule has 0 amide bonds. The van der Waals surface area contributed by atoms with Crippen molar-refractivity contribution in [1.82, 2.24) is 9.88 Å². The summed E-state index contributed by atoms with van der Waals surface area (Å²) in [6.07, 6.45) is 8.83. The van der Waals surface area contributed by atoms with Gasteiger partial charge in [0.05, 0.1) is 40.9 Å². The molecule has 2 aliphatic heterocycles. The van der Waals surface area contributed by atoms with Gasteiger partial charge in [-0.15, -0.1) is 6.42 Å². The number of terminal acetylenes is 1. The standard InChI is InChI=1S/C21H20FN3O4/c1-2-12-18-13(20(26)14(21(27)28)8-25(18)11-3-4-11)7-15(22)19(12)24-9-16-17(10-24)29-6-5-23-16/h1,7-8,11,16-17,23H,3-6,9-10H2,(H,27,28). The van der Waals surface area contributed by atoms with Gasteiger partial charge in [-0.3, -0.25) is 4.79 Å². The van der Waals surface area contributed by atoms with E-state index in [4.69, 9.17) is 11.2 Å². The van der Waals surface area contributed by atoms with Crippen molar-refractivity contribution in [2.75, 3.05) is 31.1 Å². The summed E-state index contributed by atoms with van der Waals surface area (Å²) in [4.78, 5) is 26.2. The normalized spacial score (nSPS) is 23.8. The third-order valence-corrected chi connectivity index (χ3v) is 5.98. The van der Waals surface area contributed by atoms with Crippen molar-refractivity contribution in [3.63, 3.8) is 0 Å². The maximum Gasteiger partial charge on any atom is 0.341 e. The first-order valence-corrected chi connectivity index (χ1v) is 9.70. The third kappa shape index (κ3) is 2.81. The summed E-state index contributed by atoms with van der Waals surface area (Å²) in [5.41, 5.74) is -0.0860. The second-order valence-corrected chi connectivity index (χ2v) is 7.81. The van der Waals surface area contributed by atoms with E-state index in [9.17, 15) is 14.7 Å². The minimum absolute atomic E-state index is 0.0111. The number of pyridine rings is 1. The Bertz CT molecular complexity index is 1120. The van der Waals surface area contributed by atoms with Crippen molar-refractivity contribution >= 4 is 22.6 Å². The van der Waals surface area contributed by atoms with Gasteiger partial charge in [-0.25, -0.2) is 9.18 Å². The summed E-state index contributed by atoms with van der Waals surface area (Å²) in [5.74, 6) is 0.638. The maximum absolute atomic E-state index is 15.3. The number of carboxylic acid groups (broad SMARTS) is 1. The fraction of sp³-hybridized carbons (Fsp3) is 0.429. The molecule has 150 valence electrons. The average Bonchev–Trinajstić information content (AvgIpc) is 3.45. The molecule has 3 heterocycles. The molecule has 7 nitrogen and oxygen atoms in total.